The molecular weight excluding hydrogens is 462 g/mol. The van der Waals surface area contributed by atoms with E-state index >= 15 is 0 Å². The van der Waals surface area contributed by atoms with Crippen LogP contribution in [-0.4, -0.2) is 89.4 Å². The molecule has 8 nitrogen and oxygen atoms in total. The van der Waals surface area contributed by atoms with Gasteiger partial charge >= 0.3 is 0 Å². The Hall–Kier alpha value is -3.25. The molecule has 0 spiro atoms. The number of aromatic nitrogens is 2. The molecule has 1 N–H and O–H groups in total. The molecule has 8 heteroatoms. The van der Waals surface area contributed by atoms with Crippen molar-refractivity contribution in [3.8, 4) is 6.07 Å². The molecule has 5 heterocycles. The molecular formula is C29H35N7O. The largest absolute Gasteiger partial charge is 0.392 e. The Morgan fingerprint density at radius 2 is 1.73 bits per heavy atom. The van der Waals surface area contributed by atoms with Gasteiger partial charge in [0.1, 0.15) is 11.9 Å². The Balaban J connectivity index is 1.18. The van der Waals surface area contributed by atoms with Gasteiger partial charge in [0.25, 0.3) is 0 Å². The molecule has 3 aromatic rings. The Morgan fingerprint density at radius 1 is 0.919 bits per heavy atom. The summed E-state index contributed by atoms with van der Waals surface area (Å²) in [4.78, 5) is 19.5. The standard InChI is InChI=1S/C29H35N7O/c1-20-3-6-26-27(7-4-22(15-30)29(26)31-20)35-13-11-34-12-14-36(18-24(34)17-35)28-8-5-23(21(2)32-28)16-33-10-9-25(37)19-33/h3-8,24-25,37H,9-14,16-19H2,1-2H3. The maximum atomic E-state index is 9.85. The van der Waals surface area contributed by atoms with E-state index in [9.17, 15) is 10.4 Å². The maximum absolute atomic E-state index is 9.85. The molecule has 0 saturated carbocycles. The fraction of sp³-hybridized carbons (Fsp3) is 0.483. The number of nitriles is 1. The number of aliphatic hydroxyl groups is 1. The zero-order valence-corrected chi connectivity index (χ0v) is 21.8. The van der Waals surface area contributed by atoms with Gasteiger partial charge in [-0.15, -0.1) is 0 Å². The van der Waals surface area contributed by atoms with E-state index in [0.29, 0.717) is 11.6 Å². The molecule has 37 heavy (non-hydrogen) atoms. The minimum Gasteiger partial charge on any atom is -0.392 e. The number of pyridine rings is 2. The van der Waals surface area contributed by atoms with Crippen molar-refractivity contribution < 1.29 is 5.11 Å². The number of aliphatic hydroxyl groups excluding tert-OH is 1. The van der Waals surface area contributed by atoms with Crippen LogP contribution in [0.15, 0.2) is 36.4 Å². The van der Waals surface area contributed by atoms with Gasteiger partial charge in [-0.05, 0) is 56.2 Å². The van der Waals surface area contributed by atoms with Crippen molar-refractivity contribution in [2.45, 2.75) is 39.0 Å². The molecule has 0 bridgehead atoms. The van der Waals surface area contributed by atoms with Crippen molar-refractivity contribution >= 4 is 22.4 Å². The van der Waals surface area contributed by atoms with Crippen molar-refractivity contribution in [3.05, 3.63) is 58.9 Å². The highest BCUT2D eigenvalue weighted by Gasteiger charge is 2.33. The number of anilines is 2. The highest BCUT2D eigenvalue weighted by molar-refractivity contribution is 5.95. The maximum Gasteiger partial charge on any atom is 0.128 e. The molecule has 0 amide bonds. The van der Waals surface area contributed by atoms with Gasteiger partial charge in [0.15, 0.2) is 0 Å². The van der Waals surface area contributed by atoms with Crippen molar-refractivity contribution in [3.63, 3.8) is 0 Å². The third-order valence-corrected chi connectivity index (χ3v) is 8.27. The summed E-state index contributed by atoms with van der Waals surface area (Å²) in [5.41, 5.74) is 5.87. The molecule has 0 radical (unpaired) electrons. The number of hydrogen-bond acceptors (Lipinski definition) is 8. The summed E-state index contributed by atoms with van der Waals surface area (Å²) in [6, 6.07) is 15.3. The van der Waals surface area contributed by atoms with E-state index in [0.717, 1.165) is 93.4 Å². The van der Waals surface area contributed by atoms with Gasteiger partial charge < -0.3 is 14.9 Å². The van der Waals surface area contributed by atoms with E-state index in [4.69, 9.17) is 9.97 Å². The lowest BCUT2D eigenvalue weighted by Gasteiger charge is -2.48. The number of rotatable bonds is 4. The summed E-state index contributed by atoms with van der Waals surface area (Å²) >= 11 is 0. The van der Waals surface area contributed by atoms with Crippen LogP contribution in [0.25, 0.3) is 10.9 Å². The van der Waals surface area contributed by atoms with E-state index in [2.05, 4.69) is 56.9 Å². The number of aryl methyl sites for hydroxylation is 2. The van der Waals surface area contributed by atoms with Crippen molar-refractivity contribution in [1.82, 2.24) is 19.8 Å². The second-order valence-electron chi connectivity index (χ2n) is 10.8. The van der Waals surface area contributed by atoms with Crippen molar-refractivity contribution in [1.29, 1.82) is 5.26 Å². The fourth-order valence-corrected chi connectivity index (χ4v) is 6.16. The third-order valence-electron chi connectivity index (χ3n) is 8.27. The van der Waals surface area contributed by atoms with E-state index in [-0.39, 0.29) is 6.10 Å². The number of hydrogen-bond donors (Lipinski definition) is 1. The van der Waals surface area contributed by atoms with Crippen LogP contribution in [0.3, 0.4) is 0 Å². The van der Waals surface area contributed by atoms with E-state index in [1.807, 2.05) is 19.1 Å². The first kappa shape index (κ1) is 24.1. The quantitative estimate of drug-likeness (QED) is 0.589. The summed E-state index contributed by atoms with van der Waals surface area (Å²) in [7, 11) is 0. The molecule has 192 valence electrons. The van der Waals surface area contributed by atoms with Crippen LogP contribution in [0.1, 0.15) is 28.9 Å². The first-order valence-electron chi connectivity index (χ1n) is 13.4. The molecule has 3 saturated heterocycles. The van der Waals surface area contributed by atoms with Gasteiger partial charge in [-0.3, -0.25) is 14.8 Å². The van der Waals surface area contributed by atoms with Gasteiger partial charge in [0.05, 0.1) is 17.2 Å². The summed E-state index contributed by atoms with van der Waals surface area (Å²) in [5.74, 6) is 1.06. The van der Waals surface area contributed by atoms with Crippen molar-refractivity contribution in [2.24, 2.45) is 0 Å². The Labute approximate surface area is 218 Å². The second kappa shape index (κ2) is 9.90. The van der Waals surface area contributed by atoms with E-state index < -0.39 is 0 Å². The number of piperazine rings is 2. The Bertz CT molecular complexity index is 1350. The molecule has 3 fully saturated rings. The lowest BCUT2D eigenvalue weighted by molar-refractivity contribution is 0.159. The summed E-state index contributed by atoms with van der Waals surface area (Å²) in [6.07, 6.45) is 0.670. The average molecular weight is 498 g/mol. The topological polar surface area (TPSA) is 82.8 Å². The molecule has 2 unspecified atom stereocenters. The molecule has 1 aromatic carbocycles. The zero-order chi connectivity index (χ0) is 25.5. The number of likely N-dealkylation sites (tertiary alicyclic amines) is 1. The predicted octanol–water partition coefficient (Wildman–Crippen LogP) is 2.70. The molecule has 0 aliphatic carbocycles. The fourth-order valence-electron chi connectivity index (χ4n) is 6.16. The minimum atomic E-state index is -0.193. The zero-order valence-electron chi connectivity index (χ0n) is 21.8. The molecule has 2 aromatic heterocycles. The van der Waals surface area contributed by atoms with E-state index in [1.54, 1.807) is 0 Å². The third kappa shape index (κ3) is 4.75. The van der Waals surface area contributed by atoms with Crippen LogP contribution in [-0.2, 0) is 6.54 Å². The lowest BCUT2D eigenvalue weighted by atomic mass is 10.0. The Morgan fingerprint density at radius 3 is 2.49 bits per heavy atom. The lowest BCUT2D eigenvalue weighted by Crippen LogP contribution is -2.62. The van der Waals surface area contributed by atoms with Gasteiger partial charge in [0.2, 0.25) is 0 Å². The normalized spacial score (nSPS) is 22.9. The monoisotopic (exact) mass is 497 g/mol. The van der Waals surface area contributed by atoms with Crippen LogP contribution >= 0.6 is 0 Å². The Kier molecular flexibility index (Phi) is 6.45. The van der Waals surface area contributed by atoms with Gasteiger partial charge in [-0.25, -0.2) is 4.98 Å². The van der Waals surface area contributed by atoms with Crippen LogP contribution in [0.5, 0.6) is 0 Å². The first-order chi connectivity index (χ1) is 18.0. The first-order valence-corrected chi connectivity index (χ1v) is 13.4. The minimum absolute atomic E-state index is 0.193. The summed E-state index contributed by atoms with van der Waals surface area (Å²) < 4.78 is 0. The SMILES string of the molecule is Cc1ccc2c(N3CCN4CCN(c5ccc(CN6CCC(O)C6)c(C)n5)CC4C3)ccc(C#N)c2n1. The predicted molar refractivity (Wildman–Crippen MR) is 146 cm³/mol. The van der Waals surface area contributed by atoms with Crippen LogP contribution < -0.4 is 9.80 Å². The molecule has 3 aliphatic rings. The van der Waals surface area contributed by atoms with E-state index in [1.165, 1.54) is 11.3 Å². The molecule has 6 rings (SSSR count). The summed E-state index contributed by atoms with van der Waals surface area (Å²) in [5, 5.41) is 20.5. The highest BCUT2D eigenvalue weighted by atomic mass is 16.3. The number of nitrogens with zero attached hydrogens (tertiary/aromatic N) is 7. The van der Waals surface area contributed by atoms with Crippen LogP contribution in [0, 0.1) is 25.2 Å². The number of benzene rings is 1. The smallest absolute Gasteiger partial charge is 0.128 e. The number of β-amino-alcohol motifs (C(OH)–C–C–N with tert-alkyl or cyclic N) is 1. The van der Waals surface area contributed by atoms with Gasteiger partial charge in [0, 0.05) is 87.4 Å². The van der Waals surface area contributed by atoms with Gasteiger partial charge in [-0.2, -0.15) is 5.26 Å². The van der Waals surface area contributed by atoms with Crippen molar-refractivity contribution in [2.75, 3.05) is 62.2 Å². The average Bonchev–Trinajstić information content (AvgIpc) is 3.32. The van der Waals surface area contributed by atoms with Crippen LogP contribution in [0.2, 0.25) is 0 Å². The molecule has 3 aliphatic heterocycles. The summed E-state index contributed by atoms with van der Waals surface area (Å²) in [6.45, 7) is 12.6. The highest BCUT2D eigenvalue weighted by Crippen LogP contribution is 2.31. The molecule has 2 atom stereocenters. The second-order valence-corrected chi connectivity index (χ2v) is 10.8. The van der Waals surface area contributed by atoms with Gasteiger partial charge in [-0.1, -0.05) is 6.07 Å². The number of fused-ring (bicyclic) bond motifs is 2. The van der Waals surface area contributed by atoms with Crippen LogP contribution in [0.4, 0.5) is 11.5 Å².